The molecule has 102 valence electrons. The molecule has 2 fully saturated rings. The zero-order valence-corrected chi connectivity index (χ0v) is 11.5. The maximum atomic E-state index is 9.94. The Kier molecular flexibility index (Phi) is 2.55. The molecule has 1 aromatic rings. The molecule has 1 heterocycles. The Labute approximate surface area is 114 Å². The monoisotopic (exact) mass is 258 g/mol. The Bertz CT molecular complexity index is 492. The van der Waals surface area contributed by atoms with Crippen molar-refractivity contribution in [2.45, 2.75) is 43.9 Å². The van der Waals surface area contributed by atoms with Crippen molar-refractivity contribution >= 4 is 0 Å². The second-order valence-corrected chi connectivity index (χ2v) is 6.70. The fourth-order valence-electron chi connectivity index (χ4n) is 4.35. The molecule has 0 radical (unpaired) electrons. The van der Waals surface area contributed by atoms with Crippen LogP contribution in [0.15, 0.2) is 18.2 Å². The number of aliphatic hydroxyl groups is 1. The molecule has 19 heavy (non-hydrogen) atoms. The van der Waals surface area contributed by atoms with E-state index in [0.717, 1.165) is 26.1 Å². The summed E-state index contributed by atoms with van der Waals surface area (Å²) in [6.07, 6.45) is 7.34. The van der Waals surface area contributed by atoms with Crippen LogP contribution in [0.4, 0.5) is 0 Å². The van der Waals surface area contributed by atoms with Gasteiger partial charge in [-0.2, -0.15) is 0 Å². The molecule has 1 N–H and O–H groups in total. The van der Waals surface area contributed by atoms with Gasteiger partial charge in [-0.15, -0.1) is 0 Å². The first-order valence-electron chi connectivity index (χ1n) is 7.61. The summed E-state index contributed by atoms with van der Waals surface area (Å²) in [7, 11) is 0. The van der Waals surface area contributed by atoms with Gasteiger partial charge in [0.15, 0.2) is 0 Å². The van der Waals surface area contributed by atoms with Gasteiger partial charge in [-0.3, -0.25) is 0 Å². The maximum absolute atomic E-state index is 9.94. The van der Waals surface area contributed by atoms with Gasteiger partial charge in [-0.1, -0.05) is 24.6 Å². The van der Waals surface area contributed by atoms with Crippen molar-refractivity contribution in [1.82, 2.24) is 0 Å². The lowest BCUT2D eigenvalue weighted by molar-refractivity contribution is -0.173. The fraction of sp³-hybridized carbons (Fsp3) is 0.647. The van der Waals surface area contributed by atoms with Gasteiger partial charge in [0.2, 0.25) is 0 Å². The molecule has 2 heteroatoms. The average Bonchev–Trinajstić information content (AvgIpc) is 2.78. The van der Waals surface area contributed by atoms with Crippen LogP contribution in [-0.2, 0) is 23.0 Å². The maximum Gasteiger partial charge on any atom is 0.0591 e. The van der Waals surface area contributed by atoms with Crippen LogP contribution in [-0.4, -0.2) is 24.9 Å². The van der Waals surface area contributed by atoms with Crippen LogP contribution in [0, 0.1) is 5.41 Å². The molecule has 0 spiro atoms. The zero-order chi connectivity index (χ0) is 12.9. The summed E-state index contributed by atoms with van der Waals surface area (Å²) in [4.78, 5) is 0. The van der Waals surface area contributed by atoms with Crippen molar-refractivity contribution in [3.8, 4) is 0 Å². The lowest BCUT2D eigenvalue weighted by atomic mass is 9.50. The highest BCUT2D eigenvalue weighted by Gasteiger charge is 2.59. The molecule has 0 aromatic heterocycles. The number of fused-ring (bicyclic) bond motifs is 1. The molecule has 3 aliphatic rings. The van der Waals surface area contributed by atoms with Gasteiger partial charge in [0, 0.05) is 17.4 Å². The van der Waals surface area contributed by atoms with E-state index < -0.39 is 0 Å². The number of aliphatic hydroxyl groups excluding tert-OH is 1. The highest BCUT2D eigenvalue weighted by molar-refractivity contribution is 5.41. The Balaban J connectivity index is 1.76. The predicted octanol–water partition coefficient (Wildman–Crippen LogP) is 2.61. The second kappa shape index (κ2) is 4.07. The minimum absolute atomic E-state index is 0.0949. The van der Waals surface area contributed by atoms with Crippen molar-refractivity contribution in [3.05, 3.63) is 34.9 Å². The molecule has 2 aliphatic carbocycles. The Morgan fingerprint density at radius 2 is 1.84 bits per heavy atom. The number of ether oxygens (including phenoxy) is 1. The normalized spacial score (nSPS) is 26.4. The molecule has 1 aliphatic heterocycles. The molecular formula is C17H22O2. The minimum Gasteiger partial charge on any atom is -0.396 e. The van der Waals surface area contributed by atoms with Crippen LogP contribution in [0.1, 0.15) is 42.4 Å². The number of hydrogen-bond donors (Lipinski definition) is 1. The topological polar surface area (TPSA) is 29.5 Å². The van der Waals surface area contributed by atoms with Crippen LogP contribution < -0.4 is 0 Å². The van der Waals surface area contributed by atoms with E-state index in [0.29, 0.717) is 6.61 Å². The van der Waals surface area contributed by atoms with E-state index >= 15 is 0 Å². The summed E-state index contributed by atoms with van der Waals surface area (Å²) in [5.74, 6) is 0. The molecule has 1 saturated carbocycles. The van der Waals surface area contributed by atoms with Gasteiger partial charge in [-0.05, 0) is 48.8 Å². The van der Waals surface area contributed by atoms with E-state index in [4.69, 9.17) is 4.74 Å². The van der Waals surface area contributed by atoms with E-state index in [1.807, 2.05) is 0 Å². The highest BCUT2D eigenvalue weighted by atomic mass is 16.5. The number of rotatable bonds is 3. The van der Waals surface area contributed by atoms with Crippen LogP contribution in [0.3, 0.4) is 0 Å². The first kappa shape index (κ1) is 11.9. The molecule has 1 aromatic carbocycles. The van der Waals surface area contributed by atoms with Gasteiger partial charge in [-0.25, -0.2) is 0 Å². The average molecular weight is 258 g/mol. The summed E-state index contributed by atoms with van der Waals surface area (Å²) in [6.45, 7) is 1.91. The summed E-state index contributed by atoms with van der Waals surface area (Å²) >= 11 is 0. The Hall–Kier alpha value is -0.860. The van der Waals surface area contributed by atoms with Crippen molar-refractivity contribution < 1.29 is 9.84 Å². The Morgan fingerprint density at radius 1 is 1.05 bits per heavy atom. The molecule has 2 nitrogen and oxygen atoms in total. The van der Waals surface area contributed by atoms with E-state index in [1.165, 1.54) is 42.4 Å². The molecular weight excluding hydrogens is 236 g/mol. The lowest BCUT2D eigenvalue weighted by Gasteiger charge is -2.59. The number of benzene rings is 1. The van der Waals surface area contributed by atoms with E-state index in [1.54, 1.807) is 0 Å². The third-order valence-electron chi connectivity index (χ3n) is 5.98. The first-order valence-corrected chi connectivity index (χ1v) is 7.61. The van der Waals surface area contributed by atoms with Gasteiger partial charge >= 0.3 is 0 Å². The third kappa shape index (κ3) is 1.45. The molecule has 0 bridgehead atoms. The van der Waals surface area contributed by atoms with E-state index in [-0.39, 0.29) is 10.8 Å². The third-order valence-corrected chi connectivity index (χ3v) is 5.98. The second-order valence-electron chi connectivity index (χ2n) is 6.70. The predicted molar refractivity (Wildman–Crippen MR) is 74.3 cm³/mol. The molecule has 0 atom stereocenters. The smallest absolute Gasteiger partial charge is 0.0591 e. The van der Waals surface area contributed by atoms with Crippen molar-refractivity contribution in [1.29, 1.82) is 0 Å². The number of aryl methyl sites for hydroxylation is 2. The Morgan fingerprint density at radius 3 is 2.42 bits per heavy atom. The quantitative estimate of drug-likeness (QED) is 0.903. The number of hydrogen-bond acceptors (Lipinski definition) is 2. The molecule has 1 saturated heterocycles. The van der Waals surface area contributed by atoms with Crippen LogP contribution in [0.2, 0.25) is 0 Å². The summed E-state index contributed by atoms with van der Waals surface area (Å²) < 4.78 is 5.58. The van der Waals surface area contributed by atoms with Crippen LogP contribution >= 0.6 is 0 Å². The molecule has 0 amide bonds. The SMILES string of the molecule is OCC1(C2(c3ccc4c(c3)CCC4)COC2)CCC1. The largest absolute Gasteiger partial charge is 0.396 e. The molecule has 4 rings (SSSR count). The van der Waals surface area contributed by atoms with Crippen LogP contribution in [0.25, 0.3) is 0 Å². The zero-order valence-electron chi connectivity index (χ0n) is 11.5. The lowest BCUT2D eigenvalue weighted by Crippen LogP contribution is -2.63. The fourth-order valence-corrected chi connectivity index (χ4v) is 4.35. The summed E-state index contributed by atoms with van der Waals surface area (Å²) in [5, 5.41) is 9.94. The molecule has 0 unspecified atom stereocenters. The van der Waals surface area contributed by atoms with Gasteiger partial charge in [0.25, 0.3) is 0 Å². The minimum atomic E-state index is 0.0949. The van der Waals surface area contributed by atoms with Crippen molar-refractivity contribution in [3.63, 3.8) is 0 Å². The summed E-state index contributed by atoms with van der Waals surface area (Å²) in [6, 6.07) is 7.05. The van der Waals surface area contributed by atoms with Gasteiger partial charge in [0.1, 0.15) is 0 Å². The van der Waals surface area contributed by atoms with Crippen molar-refractivity contribution in [2.75, 3.05) is 19.8 Å². The summed E-state index contributed by atoms with van der Waals surface area (Å²) in [5.41, 5.74) is 4.69. The van der Waals surface area contributed by atoms with E-state index in [9.17, 15) is 5.11 Å². The van der Waals surface area contributed by atoms with Gasteiger partial charge in [0.05, 0.1) is 13.2 Å². The standard InChI is InChI=1S/C17H22O2/c18-10-16(7-2-8-16)17(11-19-12-17)15-6-5-13-3-1-4-14(13)9-15/h5-6,9,18H,1-4,7-8,10-12H2. The van der Waals surface area contributed by atoms with Crippen LogP contribution in [0.5, 0.6) is 0 Å². The highest BCUT2D eigenvalue weighted by Crippen LogP contribution is 2.58. The van der Waals surface area contributed by atoms with E-state index in [2.05, 4.69) is 18.2 Å². The van der Waals surface area contributed by atoms with Crippen molar-refractivity contribution in [2.24, 2.45) is 5.41 Å². The van der Waals surface area contributed by atoms with Gasteiger partial charge < -0.3 is 9.84 Å². The first-order chi connectivity index (χ1) is 9.30.